The number of hydrogen-bond acceptors (Lipinski definition) is 3. The summed E-state index contributed by atoms with van der Waals surface area (Å²) in [5.41, 5.74) is 2.54. The number of hydrogen-bond donors (Lipinski definition) is 2. The van der Waals surface area contributed by atoms with E-state index in [9.17, 15) is 14.4 Å². The molecule has 2 aliphatic rings. The molecule has 0 aromatic heterocycles. The number of benzene rings is 1. The first-order chi connectivity index (χ1) is 10.0. The highest BCUT2D eigenvalue weighted by Gasteiger charge is 2.34. The van der Waals surface area contributed by atoms with Crippen molar-refractivity contribution in [1.29, 1.82) is 0 Å². The number of amides is 4. The molecule has 21 heavy (non-hydrogen) atoms. The topological polar surface area (TPSA) is 78.5 Å². The van der Waals surface area contributed by atoms with E-state index < -0.39 is 18.0 Å². The molecule has 1 aliphatic carbocycles. The standard InChI is InChI=1S/C15H17N3O3/c1-18(11-6-9-4-2-3-5-10(9)7-11)13(19)8-12-14(20)17-15(21)16-12/h2-5,11-12H,6-8H2,1H3,(H2,16,17,20,21)/t12-/m1/s1. The quantitative estimate of drug-likeness (QED) is 0.780. The largest absolute Gasteiger partial charge is 0.342 e. The van der Waals surface area contributed by atoms with Crippen molar-refractivity contribution in [3.63, 3.8) is 0 Å². The highest BCUT2D eigenvalue weighted by molar-refractivity contribution is 6.05. The van der Waals surface area contributed by atoms with Gasteiger partial charge in [0.2, 0.25) is 5.91 Å². The van der Waals surface area contributed by atoms with Gasteiger partial charge in [-0.3, -0.25) is 14.9 Å². The second-order valence-corrected chi connectivity index (χ2v) is 5.55. The number of carbonyl (C=O) groups is 3. The summed E-state index contributed by atoms with van der Waals surface area (Å²) in [5.74, 6) is -0.563. The van der Waals surface area contributed by atoms with Gasteiger partial charge in [0.1, 0.15) is 6.04 Å². The molecule has 3 rings (SSSR count). The molecular formula is C15H17N3O3. The molecule has 0 bridgehead atoms. The van der Waals surface area contributed by atoms with E-state index in [1.54, 1.807) is 11.9 Å². The Hall–Kier alpha value is -2.37. The zero-order valence-corrected chi connectivity index (χ0v) is 11.8. The summed E-state index contributed by atoms with van der Waals surface area (Å²) >= 11 is 0. The van der Waals surface area contributed by atoms with Crippen LogP contribution < -0.4 is 10.6 Å². The second-order valence-electron chi connectivity index (χ2n) is 5.55. The van der Waals surface area contributed by atoms with Crippen molar-refractivity contribution < 1.29 is 14.4 Å². The van der Waals surface area contributed by atoms with E-state index in [2.05, 4.69) is 22.8 Å². The smallest absolute Gasteiger partial charge is 0.322 e. The molecule has 4 amide bonds. The highest BCUT2D eigenvalue weighted by Crippen LogP contribution is 2.25. The Morgan fingerprint density at radius 3 is 2.38 bits per heavy atom. The lowest BCUT2D eigenvalue weighted by atomic mass is 10.1. The molecule has 1 aromatic carbocycles. The first-order valence-corrected chi connectivity index (χ1v) is 6.98. The Bertz CT molecular complexity index is 589. The molecule has 2 N–H and O–H groups in total. The van der Waals surface area contributed by atoms with E-state index in [0.29, 0.717) is 0 Å². The maximum absolute atomic E-state index is 12.3. The van der Waals surface area contributed by atoms with Crippen LogP contribution >= 0.6 is 0 Å². The number of fused-ring (bicyclic) bond motifs is 1. The van der Waals surface area contributed by atoms with Crippen molar-refractivity contribution in [2.75, 3.05) is 7.05 Å². The molecule has 0 spiro atoms. The van der Waals surface area contributed by atoms with Crippen LogP contribution in [0, 0.1) is 0 Å². The van der Waals surface area contributed by atoms with Gasteiger partial charge in [-0.15, -0.1) is 0 Å². The average Bonchev–Trinajstić information content (AvgIpc) is 3.01. The number of nitrogens with one attached hydrogen (secondary N) is 2. The molecule has 110 valence electrons. The first kappa shape index (κ1) is 13.6. The Balaban J connectivity index is 1.61. The monoisotopic (exact) mass is 287 g/mol. The minimum Gasteiger partial charge on any atom is -0.342 e. The molecule has 6 nitrogen and oxygen atoms in total. The maximum atomic E-state index is 12.3. The SMILES string of the molecule is CN(C(=O)C[C@H]1NC(=O)NC1=O)C1Cc2ccccc2C1. The minimum absolute atomic E-state index is 0.000911. The third-order valence-corrected chi connectivity index (χ3v) is 4.21. The van der Waals surface area contributed by atoms with Gasteiger partial charge in [0, 0.05) is 13.1 Å². The van der Waals surface area contributed by atoms with Crippen LogP contribution in [0.25, 0.3) is 0 Å². The first-order valence-electron chi connectivity index (χ1n) is 6.98. The fraction of sp³-hybridized carbons (Fsp3) is 0.400. The molecule has 1 aliphatic heterocycles. The molecule has 0 saturated carbocycles. The summed E-state index contributed by atoms with van der Waals surface area (Å²) in [5, 5.41) is 4.59. The third-order valence-electron chi connectivity index (χ3n) is 4.21. The number of carbonyl (C=O) groups excluding carboxylic acids is 3. The van der Waals surface area contributed by atoms with Gasteiger partial charge in [0.15, 0.2) is 0 Å². The van der Waals surface area contributed by atoms with Gasteiger partial charge >= 0.3 is 6.03 Å². The van der Waals surface area contributed by atoms with Crippen molar-refractivity contribution in [3.8, 4) is 0 Å². The number of rotatable bonds is 3. The fourth-order valence-corrected chi connectivity index (χ4v) is 2.93. The number of likely N-dealkylation sites (N-methyl/N-ethyl adjacent to an activating group) is 1. The predicted octanol–water partition coefficient (Wildman–Crippen LogP) is 0.210. The molecule has 1 aromatic rings. The van der Waals surface area contributed by atoms with E-state index in [1.165, 1.54) is 11.1 Å². The summed E-state index contributed by atoms with van der Waals surface area (Å²) in [4.78, 5) is 36.5. The van der Waals surface area contributed by atoms with Gasteiger partial charge in [-0.25, -0.2) is 4.79 Å². The summed E-state index contributed by atoms with van der Waals surface area (Å²) in [6.07, 6.45) is 1.67. The third kappa shape index (κ3) is 2.61. The predicted molar refractivity (Wildman–Crippen MR) is 75.5 cm³/mol. The minimum atomic E-state index is -0.753. The summed E-state index contributed by atoms with van der Waals surface area (Å²) in [7, 11) is 1.76. The number of imide groups is 1. The molecule has 1 saturated heterocycles. The summed E-state index contributed by atoms with van der Waals surface area (Å²) in [6, 6.07) is 7.00. The van der Waals surface area contributed by atoms with Gasteiger partial charge in [0.05, 0.1) is 6.42 Å². The summed E-state index contributed by atoms with van der Waals surface area (Å²) in [6.45, 7) is 0. The van der Waals surface area contributed by atoms with Crippen LogP contribution in [0.15, 0.2) is 24.3 Å². The van der Waals surface area contributed by atoms with Crippen LogP contribution in [0.4, 0.5) is 4.79 Å². The molecule has 1 heterocycles. The summed E-state index contributed by atoms with van der Waals surface area (Å²) < 4.78 is 0. The van der Waals surface area contributed by atoms with Crippen LogP contribution in [0.1, 0.15) is 17.5 Å². The highest BCUT2D eigenvalue weighted by atomic mass is 16.2. The fourth-order valence-electron chi connectivity index (χ4n) is 2.93. The van der Waals surface area contributed by atoms with Crippen LogP contribution in [-0.4, -0.2) is 41.9 Å². The van der Waals surface area contributed by atoms with Crippen LogP contribution in [0.2, 0.25) is 0 Å². The molecular weight excluding hydrogens is 270 g/mol. The Morgan fingerprint density at radius 1 is 1.24 bits per heavy atom. The van der Waals surface area contributed by atoms with E-state index in [1.807, 2.05) is 12.1 Å². The van der Waals surface area contributed by atoms with E-state index >= 15 is 0 Å². The van der Waals surface area contributed by atoms with Gasteiger partial charge < -0.3 is 10.2 Å². The lowest BCUT2D eigenvalue weighted by Gasteiger charge is -2.25. The molecule has 0 unspecified atom stereocenters. The molecule has 1 fully saturated rings. The van der Waals surface area contributed by atoms with Crippen LogP contribution in [-0.2, 0) is 22.4 Å². The number of urea groups is 1. The molecule has 0 radical (unpaired) electrons. The van der Waals surface area contributed by atoms with Gasteiger partial charge in [-0.1, -0.05) is 24.3 Å². The van der Waals surface area contributed by atoms with Crippen molar-refractivity contribution in [1.82, 2.24) is 15.5 Å². The van der Waals surface area contributed by atoms with E-state index in [4.69, 9.17) is 0 Å². The van der Waals surface area contributed by atoms with Crippen molar-refractivity contribution in [2.45, 2.75) is 31.3 Å². The van der Waals surface area contributed by atoms with Crippen LogP contribution in [0.3, 0.4) is 0 Å². The van der Waals surface area contributed by atoms with Gasteiger partial charge in [-0.05, 0) is 24.0 Å². The molecule has 6 heteroatoms. The Labute approximate surface area is 122 Å². The van der Waals surface area contributed by atoms with E-state index in [0.717, 1.165) is 12.8 Å². The van der Waals surface area contributed by atoms with Gasteiger partial charge in [0.25, 0.3) is 5.91 Å². The van der Waals surface area contributed by atoms with Crippen molar-refractivity contribution in [2.24, 2.45) is 0 Å². The second kappa shape index (κ2) is 5.20. The lowest BCUT2D eigenvalue weighted by Crippen LogP contribution is -2.42. The zero-order valence-electron chi connectivity index (χ0n) is 11.8. The van der Waals surface area contributed by atoms with Gasteiger partial charge in [-0.2, -0.15) is 0 Å². The normalized spacial score (nSPS) is 20.9. The maximum Gasteiger partial charge on any atom is 0.322 e. The number of nitrogens with zero attached hydrogens (tertiary/aromatic N) is 1. The Kier molecular flexibility index (Phi) is 3.37. The average molecular weight is 287 g/mol. The zero-order chi connectivity index (χ0) is 15.0. The van der Waals surface area contributed by atoms with E-state index in [-0.39, 0.29) is 18.4 Å². The van der Waals surface area contributed by atoms with Crippen molar-refractivity contribution >= 4 is 17.8 Å². The van der Waals surface area contributed by atoms with Crippen molar-refractivity contribution in [3.05, 3.63) is 35.4 Å². The van der Waals surface area contributed by atoms with Crippen LogP contribution in [0.5, 0.6) is 0 Å². The molecule has 1 atom stereocenters. The Morgan fingerprint density at radius 2 is 1.86 bits per heavy atom. The lowest BCUT2D eigenvalue weighted by molar-refractivity contribution is -0.134.